The van der Waals surface area contributed by atoms with Crippen molar-refractivity contribution in [1.29, 1.82) is 0 Å². The van der Waals surface area contributed by atoms with Crippen molar-refractivity contribution in [3.63, 3.8) is 0 Å². The fraction of sp³-hybridized carbons (Fsp3) is 0.333. The first kappa shape index (κ1) is 12.8. The van der Waals surface area contributed by atoms with E-state index in [9.17, 15) is 5.02 Å². The van der Waals surface area contributed by atoms with Gasteiger partial charge < -0.3 is 9.83 Å². The maximum Gasteiger partial charge on any atom is 0.376 e. The molecule has 2 aromatic rings. The van der Waals surface area contributed by atoms with Crippen LogP contribution < -0.4 is 0 Å². The Morgan fingerprint density at radius 3 is 2.74 bits per heavy atom. The van der Waals surface area contributed by atoms with E-state index in [-0.39, 0.29) is 0 Å². The molecule has 1 aliphatic heterocycles. The Labute approximate surface area is 120 Å². The molecule has 0 saturated heterocycles. The van der Waals surface area contributed by atoms with Crippen molar-refractivity contribution in [2.75, 3.05) is 6.54 Å². The van der Waals surface area contributed by atoms with Crippen LogP contribution >= 0.6 is 15.9 Å². The molecule has 0 spiro atoms. The van der Waals surface area contributed by atoms with Crippen molar-refractivity contribution in [3.8, 4) is 11.3 Å². The summed E-state index contributed by atoms with van der Waals surface area (Å²) >= 11 is 3.64. The summed E-state index contributed by atoms with van der Waals surface area (Å²) in [4.78, 5) is 6.05. The van der Waals surface area contributed by atoms with E-state index in [1.165, 1.54) is 0 Å². The molecule has 3 heterocycles. The molecule has 0 amide bonds. The molecule has 0 saturated carbocycles. The average molecular weight is 321 g/mol. The molecular formula is C12H14BBrN4O. The molecule has 0 aliphatic carbocycles. The minimum Gasteiger partial charge on any atom is -0.437 e. The summed E-state index contributed by atoms with van der Waals surface area (Å²) in [6, 6.07) is 3.90. The Balaban J connectivity index is 1.99. The van der Waals surface area contributed by atoms with E-state index in [2.05, 4.69) is 26.0 Å². The van der Waals surface area contributed by atoms with E-state index in [0.29, 0.717) is 6.54 Å². The molecule has 1 aliphatic rings. The van der Waals surface area contributed by atoms with Crippen molar-refractivity contribution >= 4 is 23.0 Å². The van der Waals surface area contributed by atoms with Crippen molar-refractivity contribution in [1.82, 2.24) is 19.6 Å². The third-order valence-corrected chi connectivity index (χ3v) is 4.26. The number of fused-ring (bicyclic) bond motifs is 1. The summed E-state index contributed by atoms with van der Waals surface area (Å²) in [5.41, 5.74) is 3.09. The van der Waals surface area contributed by atoms with Gasteiger partial charge in [-0.05, 0) is 34.9 Å². The third-order valence-electron chi connectivity index (χ3n) is 3.43. The van der Waals surface area contributed by atoms with Gasteiger partial charge in [0.15, 0.2) is 0 Å². The summed E-state index contributed by atoms with van der Waals surface area (Å²) < 4.78 is 3.02. The standard InChI is InChI=1S/C12H14BBrN4O/c1-13(19)17-6-7-18-10(8-17)11(14)12(16-18)9-2-4-15-5-3-9/h2-5,19H,6-8H2,1H3. The lowest BCUT2D eigenvalue weighted by Gasteiger charge is -2.28. The van der Waals surface area contributed by atoms with Crippen LogP contribution in [0, 0.1) is 0 Å². The number of aromatic nitrogens is 3. The van der Waals surface area contributed by atoms with E-state index < -0.39 is 7.05 Å². The second kappa shape index (κ2) is 5.07. The second-order valence-corrected chi connectivity index (χ2v) is 5.46. The maximum atomic E-state index is 9.69. The number of nitrogens with zero attached hydrogens (tertiary/aromatic N) is 4. The monoisotopic (exact) mass is 320 g/mol. The minimum absolute atomic E-state index is 0.431. The van der Waals surface area contributed by atoms with Crippen LogP contribution in [0.2, 0.25) is 6.82 Å². The van der Waals surface area contributed by atoms with Gasteiger partial charge in [0.2, 0.25) is 0 Å². The Kier molecular flexibility index (Phi) is 3.43. The molecule has 19 heavy (non-hydrogen) atoms. The van der Waals surface area contributed by atoms with Gasteiger partial charge in [-0.2, -0.15) is 5.10 Å². The number of pyridine rings is 1. The molecule has 2 aromatic heterocycles. The average Bonchev–Trinajstić information content (AvgIpc) is 2.77. The lowest BCUT2D eigenvalue weighted by atomic mass is 9.84. The number of hydrogen-bond donors (Lipinski definition) is 1. The SMILES string of the molecule is CB(O)N1CCn2nc(-c3ccncc3)c(Br)c2C1. The first-order chi connectivity index (χ1) is 9.16. The summed E-state index contributed by atoms with van der Waals surface area (Å²) in [5.74, 6) is 0. The van der Waals surface area contributed by atoms with Gasteiger partial charge >= 0.3 is 7.05 Å². The van der Waals surface area contributed by atoms with Crippen molar-refractivity contribution < 1.29 is 5.02 Å². The second-order valence-electron chi connectivity index (χ2n) is 4.67. The highest BCUT2D eigenvalue weighted by atomic mass is 79.9. The first-order valence-corrected chi connectivity index (χ1v) is 7.04. The summed E-state index contributed by atoms with van der Waals surface area (Å²) in [7, 11) is -0.431. The van der Waals surface area contributed by atoms with Crippen LogP contribution in [-0.2, 0) is 13.1 Å². The van der Waals surface area contributed by atoms with Crippen LogP contribution in [0.5, 0.6) is 0 Å². The fourth-order valence-electron chi connectivity index (χ4n) is 2.32. The van der Waals surface area contributed by atoms with Crippen LogP contribution in [0.1, 0.15) is 5.69 Å². The van der Waals surface area contributed by atoms with Gasteiger partial charge in [0.1, 0.15) is 5.69 Å². The Morgan fingerprint density at radius 1 is 1.32 bits per heavy atom. The Hall–Kier alpha value is -1.18. The van der Waals surface area contributed by atoms with Gasteiger partial charge in [-0.25, -0.2) is 0 Å². The molecule has 7 heteroatoms. The zero-order valence-electron chi connectivity index (χ0n) is 10.6. The van der Waals surface area contributed by atoms with Gasteiger partial charge in [-0.1, -0.05) is 0 Å². The summed E-state index contributed by atoms with van der Waals surface area (Å²) in [5, 5.41) is 14.3. The van der Waals surface area contributed by atoms with Gasteiger partial charge in [0.05, 0.1) is 16.7 Å². The quantitative estimate of drug-likeness (QED) is 0.855. The van der Waals surface area contributed by atoms with E-state index in [1.807, 2.05) is 21.6 Å². The lowest BCUT2D eigenvalue weighted by molar-refractivity contribution is 0.294. The van der Waals surface area contributed by atoms with Crippen molar-refractivity contribution in [3.05, 3.63) is 34.7 Å². The molecule has 0 unspecified atom stereocenters. The highest BCUT2D eigenvalue weighted by molar-refractivity contribution is 9.10. The molecule has 1 N–H and O–H groups in total. The lowest BCUT2D eigenvalue weighted by Crippen LogP contribution is -2.42. The molecule has 0 atom stereocenters. The molecule has 5 nitrogen and oxygen atoms in total. The molecule has 3 rings (SSSR count). The van der Waals surface area contributed by atoms with Crippen LogP contribution in [0.15, 0.2) is 29.0 Å². The number of rotatable bonds is 2. The van der Waals surface area contributed by atoms with Crippen LogP contribution in [0.3, 0.4) is 0 Å². The molecule has 0 fully saturated rings. The van der Waals surface area contributed by atoms with Crippen molar-refractivity contribution in [2.24, 2.45) is 0 Å². The molecule has 0 bridgehead atoms. The third kappa shape index (κ3) is 2.33. The van der Waals surface area contributed by atoms with E-state index >= 15 is 0 Å². The van der Waals surface area contributed by atoms with Gasteiger partial charge in [0.25, 0.3) is 0 Å². The zero-order valence-corrected chi connectivity index (χ0v) is 12.2. The normalized spacial score (nSPS) is 15.3. The molecule has 98 valence electrons. The number of halogens is 1. The minimum atomic E-state index is -0.431. The van der Waals surface area contributed by atoms with E-state index in [0.717, 1.165) is 34.5 Å². The summed E-state index contributed by atoms with van der Waals surface area (Å²) in [6.07, 6.45) is 3.53. The Morgan fingerprint density at radius 2 is 2.05 bits per heavy atom. The highest BCUT2D eigenvalue weighted by Gasteiger charge is 2.26. The van der Waals surface area contributed by atoms with Crippen LogP contribution in [0.25, 0.3) is 11.3 Å². The molecular weight excluding hydrogens is 307 g/mol. The first-order valence-electron chi connectivity index (χ1n) is 6.24. The highest BCUT2D eigenvalue weighted by Crippen LogP contribution is 2.32. The van der Waals surface area contributed by atoms with E-state index in [4.69, 9.17) is 0 Å². The molecule has 0 aromatic carbocycles. The smallest absolute Gasteiger partial charge is 0.376 e. The van der Waals surface area contributed by atoms with E-state index in [1.54, 1.807) is 19.2 Å². The maximum absolute atomic E-state index is 9.69. The van der Waals surface area contributed by atoms with Crippen molar-refractivity contribution in [2.45, 2.75) is 19.9 Å². The molecule has 0 radical (unpaired) electrons. The predicted molar refractivity (Wildman–Crippen MR) is 77.4 cm³/mol. The Bertz CT molecular complexity index is 587. The van der Waals surface area contributed by atoms with Gasteiger partial charge in [-0.3, -0.25) is 9.67 Å². The van der Waals surface area contributed by atoms with Gasteiger partial charge in [-0.15, -0.1) is 0 Å². The summed E-state index contributed by atoms with van der Waals surface area (Å²) in [6.45, 7) is 4.11. The fourth-order valence-corrected chi connectivity index (χ4v) is 2.96. The number of hydrogen-bond acceptors (Lipinski definition) is 4. The van der Waals surface area contributed by atoms with Crippen LogP contribution in [0.4, 0.5) is 0 Å². The largest absolute Gasteiger partial charge is 0.437 e. The van der Waals surface area contributed by atoms with Gasteiger partial charge in [0, 0.05) is 31.0 Å². The predicted octanol–water partition coefficient (Wildman–Crippen LogP) is 1.63. The zero-order chi connectivity index (χ0) is 13.4. The topological polar surface area (TPSA) is 54.2 Å². The van der Waals surface area contributed by atoms with Crippen LogP contribution in [-0.4, -0.2) is 38.2 Å².